The van der Waals surface area contributed by atoms with E-state index in [1.54, 1.807) is 12.1 Å². The van der Waals surface area contributed by atoms with Crippen LogP contribution < -0.4 is 0 Å². The van der Waals surface area contributed by atoms with E-state index in [4.69, 9.17) is 9.81 Å². The van der Waals surface area contributed by atoms with Gasteiger partial charge < -0.3 is 4.55 Å². The van der Waals surface area contributed by atoms with Crippen molar-refractivity contribution in [2.24, 2.45) is 0 Å². The number of halogens is 1. The fourth-order valence-electron chi connectivity index (χ4n) is 0.725. The van der Waals surface area contributed by atoms with Gasteiger partial charge in [0.15, 0.2) is 0 Å². The fourth-order valence-corrected chi connectivity index (χ4v) is 0.725. The molecule has 1 aromatic carbocycles. The minimum atomic E-state index is -0.451. The van der Waals surface area contributed by atoms with Crippen LogP contribution in [0.15, 0.2) is 18.2 Å². The highest BCUT2D eigenvalue weighted by Crippen LogP contribution is 2.07. The Morgan fingerprint density at radius 3 is 2.50 bits per heavy atom. The Bertz CT molecular complexity index is 296. The van der Waals surface area contributed by atoms with E-state index in [1.165, 1.54) is 12.1 Å². The van der Waals surface area contributed by atoms with Crippen LogP contribution in [0.25, 0.3) is 0 Å². The molecule has 4 heteroatoms. The van der Waals surface area contributed by atoms with Crippen LogP contribution >= 0.6 is 12.9 Å². The predicted octanol–water partition coefficient (Wildman–Crippen LogP) is 2.40. The van der Waals surface area contributed by atoms with Crippen molar-refractivity contribution in [3.05, 3.63) is 35.1 Å². The lowest BCUT2D eigenvalue weighted by molar-refractivity contribution is 0.623. The molecule has 1 rings (SSSR count). The summed E-state index contributed by atoms with van der Waals surface area (Å²) >= 11 is 2.53. The summed E-state index contributed by atoms with van der Waals surface area (Å²) in [6.07, 6.45) is 0. The van der Waals surface area contributed by atoms with Gasteiger partial charge in [0.2, 0.25) is 0 Å². The normalized spacial score (nSPS) is 7.92. The van der Waals surface area contributed by atoms with E-state index in [1.807, 2.05) is 6.92 Å². The van der Waals surface area contributed by atoms with Crippen molar-refractivity contribution in [3.8, 4) is 6.07 Å². The Hall–Kier alpha value is -1.05. The van der Waals surface area contributed by atoms with Crippen LogP contribution in [0.3, 0.4) is 0 Å². The first-order chi connectivity index (χ1) is 5.74. The van der Waals surface area contributed by atoms with E-state index in [0.29, 0.717) is 0 Å². The van der Waals surface area contributed by atoms with Crippen LogP contribution in [0.1, 0.15) is 11.1 Å². The summed E-state index contributed by atoms with van der Waals surface area (Å²) in [6, 6.07) is 6.22. The average molecular weight is 185 g/mol. The molecular weight excluding hydrogens is 177 g/mol. The zero-order valence-corrected chi connectivity index (χ0v) is 7.35. The molecule has 0 aliphatic heterocycles. The summed E-state index contributed by atoms with van der Waals surface area (Å²) < 4.78 is 19.2. The molecule has 0 saturated carbocycles. The summed E-state index contributed by atoms with van der Waals surface area (Å²) in [7, 11) is 0. The second kappa shape index (κ2) is 5.58. The zero-order chi connectivity index (χ0) is 9.56. The van der Waals surface area contributed by atoms with E-state index in [-0.39, 0.29) is 5.56 Å². The molecule has 1 aromatic rings. The maximum Gasteiger partial charge on any atom is 0.140 e. The second-order valence-corrected chi connectivity index (χ2v) is 2.10. The monoisotopic (exact) mass is 185 g/mol. The number of rotatable bonds is 0. The van der Waals surface area contributed by atoms with Gasteiger partial charge in [-0.05, 0) is 37.5 Å². The molecule has 12 heavy (non-hydrogen) atoms. The molecule has 0 heterocycles. The number of benzene rings is 1. The van der Waals surface area contributed by atoms with Gasteiger partial charge in [-0.1, -0.05) is 6.07 Å². The second-order valence-electron chi connectivity index (χ2n) is 2.10. The minimum absolute atomic E-state index is 0.111. The summed E-state index contributed by atoms with van der Waals surface area (Å²) in [5.74, 6) is -0.451. The number of aryl methyl sites for hydroxylation is 1. The summed E-state index contributed by atoms with van der Waals surface area (Å²) in [4.78, 5) is 0. The van der Waals surface area contributed by atoms with Gasteiger partial charge in [-0.25, -0.2) is 4.39 Å². The summed E-state index contributed by atoms with van der Waals surface area (Å²) in [5.41, 5.74) is 1.01. The molecule has 0 unspecified atom stereocenters. The number of thiol groups is 1. The number of hydrogen-bond acceptors (Lipinski definition) is 3. The molecule has 1 N–H and O–H groups in total. The lowest BCUT2D eigenvalue weighted by atomic mass is 10.1. The van der Waals surface area contributed by atoms with Crippen LogP contribution in [0.5, 0.6) is 0 Å². The van der Waals surface area contributed by atoms with Gasteiger partial charge in [-0.3, -0.25) is 0 Å². The van der Waals surface area contributed by atoms with E-state index in [2.05, 4.69) is 12.9 Å². The molecule has 0 bridgehead atoms. The van der Waals surface area contributed by atoms with Crippen molar-refractivity contribution in [1.82, 2.24) is 0 Å². The first-order valence-electron chi connectivity index (χ1n) is 3.10. The molecule has 0 radical (unpaired) electrons. The van der Waals surface area contributed by atoms with E-state index < -0.39 is 5.82 Å². The minimum Gasteiger partial charge on any atom is -0.333 e. The maximum atomic E-state index is 12.5. The Kier molecular flexibility index (Phi) is 5.09. The van der Waals surface area contributed by atoms with Crippen molar-refractivity contribution < 1.29 is 8.94 Å². The van der Waals surface area contributed by atoms with Crippen LogP contribution in [0, 0.1) is 24.1 Å². The Labute approximate surface area is 75.9 Å². The van der Waals surface area contributed by atoms with Gasteiger partial charge in [0, 0.05) is 0 Å². The van der Waals surface area contributed by atoms with Crippen LogP contribution in [0.4, 0.5) is 4.39 Å². The van der Waals surface area contributed by atoms with E-state index in [9.17, 15) is 4.39 Å². The quantitative estimate of drug-likeness (QED) is 0.481. The van der Waals surface area contributed by atoms with Crippen molar-refractivity contribution >= 4 is 12.9 Å². The molecule has 0 aliphatic rings. The van der Waals surface area contributed by atoms with Gasteiger partial charge in [-0.2, -0.15) is 5.26 Å². The zero-order valence-electron chi connectivity index (χ0n) is 6.45. The molecular formula is C8H8FNOS. The third-order valence-electron chi connectivity index (χ3n) is 1.24. The molecule has 64 valence electrons. The highest BCUT2D eigenvalue weighted by Gasteiger charge is 1.98. The molecule has 2 nitrogen and oxygen atoms in total. The van der Waals surface area contributed by atoms with Gasteiger partial charge in [0.25, 0.3) is 0 Å². The van der Waals surface area contributed by atoms with E-state index in [0.717, 1.165) is 5.56 Å². The Balaban J connectivity index is 0.000000561. The molecule has 0 fully saturated rings. The number of hydrogen-bond donors (Lipinski definition) is 2. The Morgan fingerprint density at radius 2 is 2.08 bits per heavy atom. The molecule has 0 aliphatic carbocycles. The first-order valence-corrected chi connectivity index (χ1v) is 3.50. The highest BCUT2D eigenvalue weighted by atomic mass is 32.1. The van der Waals surface area contributed by atoms with Crippen molar-refractivity contribution in [2.45, 2.75) is 6.92 Å². The van der Waals surface area contributed by atoms with Crippen molar-refractivity contribution in [1.29, 1.82) is 5.26 Å². The van der Waals surface area contributed by atoms with E-state index >= 15 is 0 Å². The molecule has 0 atom stereocenters. The lowest BCUT2D eigenvalue weighted by Gasteiger charge is -1.92. The maximum absolute atomic E-state index is 12.5. The van der Waals surface area contributed by atoms with Gasteiger partial charge >= 0.3 is 0 Å². The van der Waals surface area contributed by atoms with Crippen LogP contribution in [-0.4, -0.2) is 4.55 Å². The highest BCUT2D eigenvalue weighted by molar-refractivity contribution is 7.74. The third kappa shape index (κ3) is 2.91. The molecule has 0 amide bonds. The SMILES string of the molecule is Cc1ccc(F)c(C#N)c1.OS. The molecule has 0 spiro atoms. The third-order valence-corrected chi connectivity index (χ3v) is 1.24. The summed E-state index contributed by atoms with van der Waals surface area (Å²) in [6.45, 7) is 1.82. The number of nitrogens with zero attached hydrogens (tertiary/aromatic N) is 1. The number of nitriles is 1. The summed E-state index contributed by atoms with van der Waals surface area (Å²) in [5, 5.41) is 8.35. The lowest BCUT2D eigenvalue weighted by Crippen LogP contribution is -1.83. The standard InChI is InChI=1S/C8H6FN.H2OS/c1-6-2-3-8(9)7(4-6)5-10;1-2/h2-4H,1H3;1-2H. The van der Waals surface area contributed by atoms with Gasteiger partial charge in [0.05, 0.1) is 5.56 Å². The smallest absolute Gasteiger partial charge is 0.140 e. The van der Waals surface area contributed by atoms with Crippen molar-refractivity contribution in [2.75, 3.05) is 0 Å². The fraction of sp³-hybridized carbons (Fsp3) is 0.125. The first kappa shape index (κ1) is 11.0. The Morgan fingerprint density at radius 1 is 1.50 bits per heavy atom. The van der Waals surface area contributed by atoms with Crippen LogP contribution in [0.2, 0.25) is 0 Å². The largest absolute Gasteiger partial charge is 0.333 e. The molecule has 0 saturated heterocycles. The average Bonchev–Trinajstić information content (AvgIpc) is 2.13. The molecule has 0 aromatic heterocycles. The van der Waals surface area contributed by atoms with Crippen LogP contribution in [-0.2, 0) is 0 Å². The topological polar surface area (TPSA) is 44.0 Å². The van der Waals surface area contributed by atoms with Gasteiger partial charge in [0.1, 0.15) is 11.9 Å². The predicted molar refractivity (Wildman–Crippen MR) is 47.5 cm³/mol. The van der Waals surface area contributed by atoms with Crippen molar-refractivity contribution in [3.63, 3.8) is 0 Å². The van der Waals surface area contributed by atoms with Gasteiger partial charge in [-0.15, -0.1) is 0 Å².